The summed E-state index contributed by atoms with van der Waals surface area (Å²) in [6.07, 6.45) is 4.67. The monoisotopic (exact) mass is 428 g/mol. The molecule has 162 valence electrons. The predicted molar refractivity (Wildman–Crippen MR) is 124 cm³/mol. The smallest absolute Gasteiger partial charge is 0.256 e. The number of amides is 1. The third-order valence-electron chi connectivity index (χ3n) is 6.24. The Bertz CT molecular complexity index is 783. The molecule has 1 atom stereocenters. The van der Waals surface area contributed by atoms with Crippen LogP contribution in [0, 0.1) is 6.92 Å². The highest BCUT2D eigenvalue weighted by Gasteiger charge is 2.34. The SMILES string of the molecule is Cc1ccc(N(C(=O)C2CCCO2)C2CCN(CCc3ccccc3)CC2)cc1.Cl. The summed E-state index contributed by atoms with van der Waals surface area (Å²) in [6.45, 7) is 5.95. The lowest BCUT2D eigenvalue weighted by Crippen LogP contribution is -2.50. The van der Waals surface area contributed by atoms with Crippen LogP contribution in [0.2, 0.25) is 0 Å². The van der Waals surface area contributed by atoms with Crippen molar-refractivity contribution in [2.75, 3.05) is 31.1 Å². The van der Waals surface area contributed by atoms with E-state index in [-0.39, 0.29) is 30.5 Å². The van der Waals surface area contributed by atoms with E-state index in [0.29, 0.717) is 6.61 Å². The van der Waals surface area contributed by atoms with Gasteiger partial charge in [-0.15, -0.1) is 12.4 Å². The minimum atomic E-state index is -0.271. The lowest BCUT2D eigenvalue weighted by Gasteiger charge is -2.39. The molecule has 2 saturated heterocycles. The number of piperidine rings is 1. The summed E-state index contributed by atoms with van der Waals surface area (Å²) in [5.41, 5.74) is 3.62. The predicted octanol–water partition coefficient (Wildman–Crippen LogP) is 4.64. The standard InChI is InChI=1S/C25H32N2O2.ClH/c1-20-9-11-22(12-10-20)27(25(28)24-8-5-19-29-24)23-14-17-26(18-15-23)16-13-21-6-3-2-4-7-21;/h2-4,6-7,9-12,23-24H,5,8,13-19H2,1H3;1H. The number of halogens is 1. The maximum Gasteiger partial charge on any atom is 0.256 e. The second-order valence-corrected chi connectivity index (χ2v) is 8.35. The van der Waals surface area contributed by atoms with E-state index >= 15 is 0 Å². The molecule has 2 heterocycles. The number of nitrogens with zero attached hydrogens (tertiary/aromatic N) is 2. The molecule has 0 spiro atoms. The molecule has 30 heavy (non-hydrogen) atoms. The van der Waals surface area contributed by atoms with Gasteiger partial charge in [0.05, 0.1) is 0 Å². The lowest BCUT2D eigenvalue weighted by molar-refractivity contribution is -0.128. The third kappa shape index (κ3) is 5.63. The van der Waals surface area contributed by atoms with Crippen LogP contribution in [0.1, 0.15) is 36.8 Å². The molecular formula is C25H33ClN2O2. The van der Waals surface area contributed by atoms with Crippen molar-refractivity contribution in [1.82, 2.24) is 4.90 Å². The third-order valence-corrected chi connectivity index (χ3v) is 6.24. The minimum Gasteiger partial charge on any atom is -0.368 e. The van der Waals surface area contributed by atoms with E-state index in [2.05, 4.69) is 66.4 Å². The Balaban J connectivity index is 0.00000256. The molecule has 0 aliphatic carbocycles. The number of ether oxygens (including phenoxy) is 1. The topological polar surface area (TPSA) is 32.8 Å². The van der Waals surface area contributed by atoms with Crippen molar-refractivity contribution in [3.05, 3.63) is 65.7 Å². The Hall–Kier alpha value is -1.88. The molecule has 2 fully saturated rings. The van der Waals surface area contributed by atoms with Gasteiger partial charge in [0, 0.05) is 38.0 Å². The molecule has 2 aliphatic rings. The summed E-state index contributed by atoms with van der Waals surface area (Å²) in [5.74, 6) is 0.147. The van der Waals surface area contributed by atoms with Crippen LogP contribution in [-0.2, 0) is 16.0 Å². The van der Waals surface area contributed by atoms with E-state index in [1.54, 1.807) is 0 Å². The van der Waals surface area contributed by atoms with Crippen molar-refractivity contribution >= 4 is 24.0 Å². The minimum absolute atomic E-state index is 0. The van der Waals surface area contributed by atoms with Gasteiger partial charge in [0.1, 0.15) is 6.10 Å². The summed E-state index contributed by atoms with van der Waals surface area (Å²) >= 11 is 0. The van der Waals surface area contributed by atoms with Crippen molar-refractivity contribution in [1.29, 1.82) is 0 Å². The number of carbonyl (C=O) groups is 1. The zero-order chi connectivity index (χ0) is 20.1. The van der Waals surface area contributed by atoms with Crippen molar-refractivity contribution in [3.8, 4) is 0 Å². The van der Waals surface area contributed by atoms with Crippen LogP contribution in [0.4, 0.5) is 5.69 Å². The number of anilines is 1. The number of likely N-dealkylation sites (tertiary alicyclic amines) is 1. The van der Waals surface area contributed by atoms with Crippen molar-refractivity contribution in [3.63, 3.8) is 0 Å². The van der Waals surface area contributed by atoms with Crippen LogP contribution in [-0.4, -0.2) is 49.2 Å². The summed E-state index contributed by atoms with van der Waals surface area (Å²) < 4.78 is 5.74. The molecule has 4 nitrogen and oxygen atoms in total. The number of hydrogen-bond donors (Lipinski definition) is 0. The van der Waals surface area contributed by atoms with Gasteiger partial charge in [0.15, 0.2) is 0 Å². The van der Waals surface area contributed by atoms with Gasteiger partial charge in [0.25, 0.3) is 5.91 Å². The summed E-state index contributed by atoms with van der Waals surface area (Å²) in [4.78, 5) is 17.9. The highest BCUT2D eigenvalue weighted by Crippen LogP contribution is 2.27. The van der Waals surface area contributed by atoms with Crippen molar-refractivity contribution in [2.45, 2.75) is 51.2 Å². The maximum atomic E-state index is 13.3. The van der Waals surface area contributed by atoms with E-state index < -0.39 is 0 Å². The first-order valence-corrected chi connectivity index (χ1v) is 11.0. The molecule has 5 heteroatoms. The van der Waals surface area contributed by atoms with Crippen LogP contribution < -0.4 is 4.90 Å². The Morgan fingerprint density at radius 1 is 1.03 bits per heavy atom. The van der Waals surface area contributed by atoms with Gasteiger partial charge < -0.3 is 14.5 Å². The molecule has 0 N–H and O–H groups in total. The van der Waals surface area contributed by atoms with Crippen LogP contribution >= 0.6 is 12.4 Å². The first-order chi connectivity index (χ1) is 14.2. The molecular weight excluding hydrogens is 396 g/mol. The number of rotatable bonds is 6. The first-order valence-electron chi connectivity index (χ1n) is 11.0. The quantitative estimate of drug-likeness (QED) is 0.672. The fraction of sp³-hybridized carbons (Fsp3) is 0.480. The van der Waals surface area contributed by atoms with Gasteiger partial charge in [-0.2, -0.15) is 0 Å². The molecule has 1 amide bonds. The van der Waals surface area contributed by atoms with Crippen molar-refractivity contribution < 1.29 is 9.53 Å². The molecule has 0 bridgehead atoms. The van der Waals surface area contributed by atoms with E-state index in [0.717, 1.165) is 57.4 Å². The molecule has 1 unspecified atom stereocenters. The second-order valence-electron chi connectivity index (χ2n) is 8.35. The Labute approximate surface area is 186 Å². The van der Waals surface area contributed by atoms with Gasteiger partial charge in [-0.25, -0.2) is 0 Å². The van der Waals surface area contributed by atoms with Crippen LogP contribution in [0.25, 0.3) is 0 Å². The Morgan fingerprint density at radius 3 is 2.37 bits per heavy atom. The highest BCUT2D eigenvalue weighted by molar-refractivity contribution is 5.97. The fourth-order valence-electron chi connectivity index (χ4n) is 4.48. The van der Waals surface area contributed by atoms with Gasteiger partial charge in [-0.05, 0) is 56.7 Å². The van der Waals surface area contributed by atoms with E-state index in [9.17, 15) is 4.79 Å². The summed E-state index contributed by atoms with van der Waals surface area (Å²) in [5, 5.41) is 0. The van der Waals surface area contributed by atoms with Gasteiger partial charge in [-0.3, -0.25) is 4.79 Å². The average molecular weight is 429 g/mol. The fourth-order valence-corrected chi connectivity index (χ4v) is 4.48. The Kier molecular flexibility index (Phi) is 8.32. The number of benzene rings is 2. The van der Waals surface area contributed by atoms with Crippen LogP contribution in [0.5, 0.6) is 0 Å². The molecule has 0 aromatic heterocycles. The second kappa shape index (κ2) is 10.9. The van der Waals surface area contributed by atoms with Crippen LogP contribution in [0.3, 0.4) is 0 Å². The van der Waals surface area contributed by atoms with E-state index in [1.807, 2.05) is 4.90 Å². The van der Waals surface area contributed by atoms with Crippen molar-refractivity contribution in [2.24, 2.45) is 0 Å². The highest BCUT2D eigenvalue weighted by atomic mass is 35.5. The summed E-state index contributed by atoms with van der Waals surface area (Å²) in [7, 11) is 0. The van der Waals surface area contributed by atoms with Crippen LogP contribution in [0.15, 0.2) is 54.6 Å². The van der Waals surface area contributed by atoms with E-state index in [4.69, 9.17) is 4.74 Å². The Morgan fingerprint density at radius 2 is 1.73 bits per heavy atom. The zero-order valence-electron chi connectivity index (χ0n) is 17.8. The van der Waals surface area contributed by atoms with Gasteiger partial charge >= 0.3 is 0 Å². The summed E-state index contributed by atoms with van der Waals surface area (Å²) in [6, 6.07) is 19.3. The number of hydrogen-bond acceptors (Lipinski definition) is 3. The molecule has 0 saturated carbocycles. The number of carbonyl (C=O) groups excluding carboxylic acids is 1. The van der Waals surface area contributed by atoms with Gasteiger partial charge in [0.2, 0.25) is 0 Å². The normalized spacial score (nSPS) is 20.0. The average Bonchev–Trinajstić information content (AvgIpc) is 3.30. The molecule has 4 rings (SSSR count). The molecule has 2 aromatic carbocycles. The van der Waals surface area contributed by atoms with E-state index in [1.165, 1.54) is 11.1 Å². The largest absolute Gasteiger partial charge is 0.368 e. The maximum absolute atomic E-state index is 13.3. The molecule has 0 radical (unpaired) electrons. The lowest BCUT2D eigenvalue weighted by atomic mass is 10.00. The van der Waals surface area contributed by atoms with Gasteiger partial charge in [-0.1, -0.05) is 48.0 Å². The number of aryl methyl sites for hydroxylation is 1. The molecule has 2 aromatic rings. The zero-order valence-corrected chi connectivity index (χ0v) is 18.7. The molecule has 2 aliphatic heterocycles. The first kappa shape index (κ1) is 22.8.